The van der Waals surface area contributed by atoms with Gasteiger partial charge in [-0.25, -0.2) is 0 Å². The van der Waals surface area contributed by atoms with E-state index in [2.05, 4.69) is 26.9 Å². The number of carbonyl (C=O) groups is 2. The first kappa shape index (κ1) is 19.6. The van der Waals surface area contributed by atoms with E-state index in [1.807, 2.05) is 26.0 Å². The van der Waals surface area contributed by atoms with Crippen LogP contribution in [0.15, 0.2) is 47.6 Å². The van der Waals surface area contributed by atoms with Crippen molar-refractivity contribution >= 4 is 29.3 Å². The molecule has 0 saturated carbocycles. The van der Waals surface area contributed by atoms with E-state index in [-0.39, 0.29) is 5.91 Å². The van der Waals surface area contributed by atoms with E-state index in [9.17, 15) is 9.59 Å². The zero-order chi connectivity index (χ0) is 20.3. The molecule has 0 radical (unpaired) electrons. The van der Waals surface area contributed by atoms with Crippen LogP contribution in [0.3, 0.4) is 0 Å². The Kier molecular flexibility index (Phi) is 5.74. The normalized spacial score (nSPS) is 11.8. The highest BCUT2D eigenvalue weighted by atomic mass is 32.2. The maximum Gasteiger partial charge on any atom is 0.248 e. The topological polar surface area (TPSA) is 116 Å². The lowest BCUT2D eigenvalue weighted by atomic mass is 10.1. The number of anilines is 1. The van der Waals surface area contributed by atoms with Crippen LogP contribution in [0.1, 0.15) is 28.4 Å². The molecule has 0 aliphatic carbocycles. The van der Waals surface area contributed by atoms with E-state index >= 15 is 0 Å². The molecule has 3 rings (SSSR count). The minimum Gasteiger partial charge on any atom is -0.366 e. The fourth-order valence-corrected chi connectivity index (χ4v) is 3.42. The summed E-state index contributed by atoms with van der Waals surface area (Å²) in [6.07, 6.45) is 0. The molecule has 144 valence electrons. The lowest BCUT2D eigenvalue weighted by Gasteiger charge is -2.13. The van der Waals surface area contributed by atoms with Gasteiger partial charge in [0.1, 0.15) is 0 Å². The summed E-state index contributed by atoms with van der Waals surface area (Å²) in [6, 6.07) is 12.4. The van der Waals surface area contributed by atoms with Crippen molar-refractivity contribution in [3.8, 4) is 5.69 Å². The lowest BCUT2D eigenvalue weighted by Crippen LogP contribution is -2.23. The number of hydrogen-bond donors (Lipinski definition) is 2. The summed E-state index contributed by atoms with van der Waals surface area (Å²) < 4.78 is 1.63. The fourth-order valence-electron chi connectivity index (χ4n) is 2.62. The molecule has 1 aromatic heterocycles. The molecule has 2 amide bonds. The molecule has 0 unspecified atom stereocenters. The van der Waals surface area contributed by atoms with Crippen molar-refractivity contribution in [3.05, 3.63) is 59.2 Å². The molecule has 3 aromatic rings. The Labute approximate surface area is 166 Å². The average molecular weight is 396 g/mol. The number of primary amides is 1. The van der Waals surface area contributed by atoms with Gasteiger partial charge in [-0.1, -0.05) is 29.5 Å². The third-order valence-electron chi connectivity index (χ3n) is 4.11. The number of tetrazole rings is 1. The minimum atomic E-state index is -0.514. The van der Waals surface area contributed by atoms with E-state index < -0.39 is 11.2 Å². The van der Waals surface area contributed by atoms with Gasteiger partial charge in [-0.05, 0) is 67.1 Å². The fraction of sp³-hybridized carbons (Fsp3) is 0.211. The Bertz CT molecular complexity index is 1020. The second kappa shape index (κ2) is 8.22. The smallest absolute Gasteiger partial charge is 0.248 e. The molecule has 0 bridgehead atoms. The van der Waals surface area contributed by atoms with Crippen molar-refractivity contribution in [2.45, 2.75) is 31.2 Å². The lowest BCUT2D eigenvalue weighted by molar-refractivity contribution is -0.115. The van der Waals surface area contributed by atoms with E-state index in [1.165, 1.54) is 11.8 Å². The van der Waals surface area contributed by atoms with Crippen molar-refractivity contribution < 1.29 is 9.59 Å². The van der Waals surface area contributed by atoms with Gasteiger partial charge >= 0.3 is 0 Å². The summed E-state index contributed by atoms with van der Waals surface area (Å²) in [5.41, 5.74) is 9.24. The SMILES string of the molecule is Cc1ccc(-n2nnnc2S[C@@H](C)C(=O)Nc2ccc(C(N)=O)cc2)c(C)c1. The quantitative estimate of drug-likeness (QED) is 0.619. The zero-order valence-electron chi connectivity index (χ0n) is 15.7. The van der Waals surface area contributed by atoms with Crippen molar-refractivity contribution in [2.75, 3.05) is 5.32 Å². The van der Waals surface area contributed by atoms with E-state index in [0.717, 1.165) is 16.8 Å². The number of benzene rings is 2. The molecule has 8 nitrogen and oxygen atoms in total. The number of rotatable bonds is 6. The number of nitrogens with one attached hydrogen (secondary N) is 1. The van der Waals surface area contributed by atoms with Gasteiger partial charge < -0.3 is 11.1 Å². The van der Waals surface area contributed by atoms with Crippen molar-refractivity contribution in [1.29, 1.82) is 0 Å². The molecule has 1 atom stereocenters. The molecule has 0 aliphatic rings. The van der Waals surface area contributed by atoms with Gasteiger partial charge in [0, 0.05) is 11.3 Å². The second-order valence-corrected chi connectivity index (χ2v) is 7.66. The highest BCUT2D eigenvalue weighted by molar-refractivity contribution is 8.00. The van der Waals surface area contributed by atoms with Crippen LogP contribution in [0.2, 0.25) is 0 Å². The maximum absolute atomic E-state index is 12.5. The standard InChI is InChI=1S/C19H20N6O2S/c1-11-4-9-16(12(2)10-11)25-19(22-23-24-25)28-13(3)18(27)21-15-7-5-14(6-8-15)17(20)26/h4-10,13H,1-3H3,(H2,20,26)(H,21,27)/t13-/m0/s1. The van der Waals surface area contributed by atoms with Gasteiger partial charge in [-0.15, -0.1) is 5.10 Å². The number of aromatic nitrogens is 4. The van der Waals surface area contributed by atoms with Gasteiger partial charge in [-0.2, -0.15) is 4.68 Å². The number of hydrogen-bond acceptors (Lipinski definition) is 6. The summed E-state index contributed by atoms with van der Waals surface area (Å²) >= 11 is 1.26. The number of carbonyl (C=O) groups excluding carboxylic acids is 2. The number of nitrogens with zero attached hydrogens (tertiary/aromatic N) is 4. The third kappa shape index (κ3) is 4.37. The molecule has 0 fully saturated rings. The summed E-state index contributed by atoms with van der Waals surface area (Å²) in [4.78, 5) is 23.6. The molecular formula is C19H20N6O2S. The zero-order valence-corrected chi connectivity index (χ0v) is 16.5. The Balaban J connectivity index is 1.71. The minimum absolute atomic E-state index is 0.202. The summed E-state index contributed by atoms with van der Waals surface area (Å²) in [6.45, 7) is 5.79. The molecule has 3 N–H and O–H groups in total. The predicted octanol–water partition coefficient (Wildman–Crippen LogP) is 2.50. The molecule has 28 heavy (non-hydrogen) atoms. The van der Waals surface area contributed by atoms with E-state index in [1.54, 1.807) is 35.9 Å². The van der Waals surface area contributed by atoms with Gasteiger partial charge in [0.2, 0.25) is 17.0 Å². The number of aryl methyl sites for hydroxylation is 2. The van der Waals surface area contributed by atoms with Gasteiger partial charge in [0.25, 0.3) is 0 Å². The summed E-state index contributed by atoms with van der Waals surface area (Å²) in [7, 11) is 0. The molecule has 0 aliphatic heterocycles. The van der Waals surface area contributed by atoms with Crippen molar-refractivity contribution in [1.82, 2.24) is 20.2 Å². The van der Waals surface area contributed by atoms with Crippen LogP contribution in [0.4, 0.5) is 5.69 Å². The highest BCUT2D eigenvalue weighted by Crippen LogP contribution is 2.25. The van der Waals surface area contributed by atoms with Crippen LogP contribution >= 0.6 is 11.8 Å². The van der Waals surface area contributed by atoms with Crippen molar-refractivity contribution in [2.24, 2.45) is 5.73 Å². The first-order valence-corrected chi connectivity index (χ1v) is 9.46. The number of thioether (sulfide) groups is 1. The first-order chi connectivity index (χ1) is 13.3. The van der Waals surface area contributed by atoms with E-state index in [4.69, 9.17) is 5.73 Å². The Morgan fingerprint density at radius 2 is 1.86 bits per heavy atom. The average Bonchev–Trinajstić information content (AvgIpc) is 3.10. The Morgan fingerprint density at radius 3 is 2.50 bits per heavy atom. The van der Waals surface area contributed by atoms with Crippen LogP contribution in [-0.2, 0) is 4.79 Å². The monoisotopic (exact) mass is 396 g/mol. The van der Waals surface area contributed by atoms with Gasteiger partial charge in [0.15, 0.2) is 0 Å². The number of amides is 2. The maximum atomic E-state index is 12.5. The van der Waals surface area contributed by atoms with Crippen LogP contribution in [0, 0.1) is 13.8 Å². The van der Waals surface area contributed by atoms with Crippen LogP contribution in [0.25, 0.3) is 5.69 Å². The molecular weight excluding hydrogens is 376 g/mol. The predicted molar refractivity (Wildman–Crippen MR) is 108 cm³/mol. The summed E-state index contributed by atoms with van der Waals surface area (Å²) in [5, 5.41) is 14.8. The molecule has 0 saturated heterocycles. The highest BCUT2D eigenvalue weighted by Gasteiger charge is 2.20. The van der Waals surface area contributed by atoms with Gasteiger partial charge in [0.05, 0.1) is 10.9 Å². The first-order valence-electron chi connectivity index (χ1n) is 8.58. The molecule has 9 heteroatoms. The molecule has 0 spiro atoms. The third-order valence-corrected chi connectivity index (χ3v) is 5.14. The second-order valence-electron chi connectivity index (χ2n) is 6.35. The molecule has 2 aromatic carbocycles. The molecule has 1 heterocycles. The van der Waals surface area contributed by atoms with Gasteiger partial charge in [-0.3, -0.25) is 9.59 Å². The van der Waals surface area contributed by atoms with Crippen LogP contribution in [0.5, 0.6) is 0 Å². The van der Waals surface area contributed by atoms with E-state index in [0.29, 0.717) is 16.4 Å². The van der Waals surface area contributed by atoms with Crippen LogP contribution in [-0.4, -0.2) is 37.3 Å². The number of nitrogens with two attached hydrogens (primary N) is 1. The van der Waals surface area contributed by atoms with Crippen LogP contribution < -0.4 is 11.1 Å². The summed E-state index contributed by atoms with van der Waals surface area (Å²) in [5.74, 6) is -0.716. The largest absolute Gasteiger partial charge is 0.366 e. The Hall–Kier alpha value is -3.20. The Morgan fingerprint density at radius 1 is 1.14 bits per heavy atom. The van der Waals surface area contributed by atoms with Crippen molar-refractivity contribution in [3.63, 3.8) is 0 Å².